The Morgan fingerprint density at radius 1 is 0.900 bits per heavy atom. The third-order valence-corrected chi connectivity index (χ3v) is 0. The molecule has 0 aliphatic carbocycles. The summed E-state index contributed by atoms with van der Waals surface area (Å²) in [5.41, 5.74) is 0. The molecule has 0 aromatic rings. The molecule has 3 N–H and O–H groups in total. The Morgan fingerprint density at radius 3 is 0.900 bits per heavy atom. The summed E-state index contributed by atoms with van der Waals surface area (Å²) in [6.07, 6.45) is 0. The summed E-state index contributed by atoms with van der Waals surface area (Å²) in [4.78, 5) is 0. The zero-order chi connectivity index (χ0) is 6.41. The van der Waals surface area contributed by atoms with Crippen molar-refractivity contribution in [3.63, 3.8) is 0 Å². The van der Waals surface area contributed by atoms with Crippen LogP contribution < -0.4 is 0 Å². The van der Waals surface area contributed by atoms with E-state index in [4.69, 9.17) is 19.9 Å². The van der Waals surface area contributed by atoms with Crippen molar-refractivity contribution in [1.29, 1.82) is 0 Å². The first-order valence-electron chi connectivity index (χ1n) is 1.11. The average Bonchev–Trinajstić information content (AvgIpc) is 0.592. The average molecular weight is 362 g/mol. The summed E-state index contributed by atoms with van der Waals surface area (Å²) in [5, 5.41) is 0. The molecule has 0 aromatic carbocycles. The Morgan fingerprint density at radius 2 is 0.900 bits per heavy atom. The Labute approximate surface area is 105 Å². The van der Waals surface area contributed by atoms with Gasteiger partial charge in [-0.3, -0.25) is 0 Å². The summed E-state index contributed by atoms with van der Waals surface area (Å²) in [6.45, 7) is 0. The van der Waals surface area contributed by atoms with Crippen molar-refractivity contribution in [1.82, 2.24) is 0 Å². The van der Waals surface area contributed by atoms with Gasteiger partial charge in [-0.15, -0.1) is 0 Å². The van der Waals surface area contributed by atoms with Gasteiger partial charge in [-0.25, -0.2) is 0 Å². The van der Waals surface area contributed by atoms with Crippen molar-refractivity contribution in [2.24, 2.45) is 0 Å². The summed E-state index contributed by atoms with van der Waals surface area (Å²) in [5.74, 6) is 0. The van der Waals surface area contributed by atoms with Crippen LogP contribution in [-0.4, -0.2) is 76.4 Å². The standard InChI is InChI=1S/Ca.Na.2H2O.5O.Ta.3H/h;;2*1H2;;;;;;;;;/q;;;;;;;;;+1;;;/p-1. The van der Waals surface area contributed by atoms with Crippen molar-refractivity contribution < 1.29 is 40.1 Å². The van der Waals surface area contributed by atoms with E-state index in [-0.39, 0.29) is 72.8 Å². The van der Waals surface area contributed by atoms with Crippen molar-refractivity contribution in [2.75, 3.05) is 0 Å². The van der Waals surface area contributed by atoms with E-state index in [1.165, 1.54) is 0 Å². The van der Waals surface area contributed by atoms with Gasteiger partial charge in [0.25, 0.3) is 0 Å². The van der Waals surface area contributed by atoms with Gasteiger partial charge < -0.3 is 5.48 Å². The van der Waals surface area contributed by atoms with E-state index >= 15 is 0 Å². The SMILES string of the molecule is O.[CaH2].[NaH].[O]=[Ta](=[O])(=[O])(=[O])(=[O])[OH]. The molecule has 0 amide bonds. The fourth-order valence-corrected chi connectivity index (χ4v) is 0. The molecule has 0 bridgehead atoms. The van der Waals surface area contributed by atoms with Gasteiger partial charge in [-0.1, -0.05) is 0 Å². The maximum atomic E-state index is 8.80. The molecular weight excluding hydrogens is 356 g/mol. The molecule has 7 nitrogen and oxygen atoms in total. The Bertz CT molecular complexity index is 392. The van der Waals surface area contributed by atoms with Crippen LogP contribution in [0, 0.1) is 0 Å². The van der Waals surface area contributed by atoms with Crippen molar-refractivity contribution in [3.05, 3.63) is 0 Å². The number of rotatable bonds is 0. The third kappa shape index (κ3) is 214. The first-order chi connectivity index (χ1) is 2.45. The molecule has 0 unspecified atom stereocenters. The predicted octanol–water partition coefficient (Wildman–Crippen LogP) is -3.54. The Balaban J connectivity index is -0.0000000600. The quantitative estimate of drug-likeness (QED) is 0.443. The molecule has 0 fully saturated rings. The summed E-state index contributed by atoms with van der Waals surface area (Å²) >= 11 is -9.60. The van der Waals surface area contributed by atoms with Gasteiger partial charge in [0, 0.05) is 0 Å². The molecule has 0 saturated heterocycles. The van der Waals surface area contributed by atoms with Crippen LogP contribution in [0.25, 0.3) is 0 Å². The van der Waals surface area contributed by atoms with Gasteiger partial charge in [0.2, 0.25) is 0 Å². The van der Waals surface area contributed by atoms with Crippen molar-refractivity contribution >= 4 is 67.3 Å². The van der Waals surface area contributed by atoms with Crippen LogP contribution in [0.15, 0.2) is 0 Å². The molecular formula is H6CaNaO7Ta. The molecule has 0 heterocycles. The van der Waals surface area contributed by atoms with E-state index < -0.39 is 14.8 Å². The molecule has 0 aliphatic heterocycles. The summed E-state index contributed by atoms with van der Waals surface area (Å²) in [7, 11) is 0. The second kappa shape index (κ2) is 3.75. The van der Waals surface area contributed by atoms with Gasteiger partial charge in [0.05, 0.1) is 0 Å². The van der Waals surface area contributed by atoms with E-state index in [9.17, 15) is 0 Å². The predicted molar refractivity (Wildman–Crippen MR) is 25.0 cm³/mol. The Kier molecular flexibility index (Phi) is 8.51. The van der Waals surface area contributed by atoms with Gasteiger partial charge >= 0.3 is 102 Å². The van der Waals surface area contributed by atoms with Crippen LogP contribution in [0.4, 0.5) is 0 Å². The number of hydrogen-bond acceptors (Lipinski definition) is 5. The molecule has 0 atom stereocenters. The fourth-order valence-electron chi connectivity index (χ4n) is 0. The van der Waals surface area contributed by atoms with Crippen molar-refractivity contribution in [2.45, 2.75) is 0 Å². The molecule has 0 saturated carbocycles. The van der Waals surface area contributed by atoms with E-state index in [0.717, 1.165) is 0 Å². The summed E-state index contributed by atoms with van der Waals surface area (Å²) in [6, 6.07) is 0. The van der Waals surface area contributed by atoms with Crippen LogP contribution in [0.5, 0.6) is 0 Å². The van der Waals surface area contributed by atoms with E-state index in [1.807, 2.05) is 0 Å². The monoisotopic (exact) mass is 362 g/mol. The molecule has 10 heteroatoms. The van der Waals surface area contributed by atoms with Crippen molar-refractivity contribution in [3.8, 4) is 0 Å². The topological polar surface area (TPSA) is 137 Å². The van der Waals surface area contributed by atoms with Gasteiger partial charge in [-0.05, 0) is 0 Å². The van der Waals surface area contributed by atoms with Gasteiger partial charge in [-0.2, -0.15) is 0 Å². The molecule has 0 spiro atoms. The minimum atomic E-state index is -9.60. The van der Waals surface area contributed by atoms with Crippen LogP contribution in [-0.2, 0) is 31.0 Å². The van der Waals surface area contributed by atoms with Crippen LogP contribution >= 0.6 is 0 Å². The molecule has 0 radical (unpaired) electrons. The van der Waals surface area contributed by atoms with Crippen LogP contribution in [0.1, 0.15) is 0 Å². The summed E-state index contributed by atoms with van der Waals surface area (Å²) < 4.78 is 50.9. The van der Waals surface area contributed by atoms with E-state index in [0.29, 0.717) is 0 Å². The normalized spacial score (nSPS) is 8.50. The van der Waals surface area contributed by atoms with Gasteiger partial charge in [0.1, 0.15) is 0 Å². The van der Waals surface area contributed by atoms with E-state index in [2.05, 4.69) is 0 Å². The first-order valence-corrected chi connectivity index (χ1v) is 9.11. The zero-order valence-electron chi connectivity index (χ0n) is 3.44. The van der Waals surface area contributed by atoms with Crippen LogP contribution in [0.3, 0.4) is 0 Å². The van der Waals surface area contributed by atoms with Crippen LogP contribution in [0.2, 0.25) is 0 Å². The number of hydrogen-bond donors (Lipinski definition) is 1. The van der Waals surface area contributed by atoms with Gasteiger partial charge in [0.15, 0.2) is 0 Å². The van der Waals surface area contributed by atoms with E-state index in [1.54, 1.807) is 0 Å². The maximum absolute atomic E-state index is 9.60. The second-order valence-electron chi connectivity index (χ2n) is 1.15. The second-order valence-corrected chi connectivity index (χ2v) is 9.44. The molecule has 56 valence electrons. The third-order valence-electron chi connectivity index (χ3n) is 0. The molecule has 0 aromatic heterocycles. The molecule has 0 rings (SSSR count). The minimum absolute atomic E-state index is 0. The molecule has 10 heavy (non-hydrogen) atoms. The zero-order valence-corrected chi connectivity index (χ0v) is 6.65. The molecule has 0 aliphatic rings. The fraction of sp³-hybridized carbons (Fsp3) is 0. The Hall–Kier alpha value is 1.92. The first kappa shape index (κ1) is 22.7.